The van der Waals surface area contributed by atoms with Gasteiger partial charge in [-0.25, -0.2) is 0 Å². The summed E-state index contributed by atoms with van der Waals surface area (Å²) < 4.78 is 28.5. The lowest BCUT2D eigenvalue weighted by Gasteiger charge is -2.39. The molecule has 2 aliphatic rings. The van der Waals surface area contributed by atoms with E-state index in [2.05, 4.69) is 19.2 Å². The average Bonchev–Trinajstić information content (AvgIpc) is 2.27. The Balaban J connectivity index is 0.00000180. The van der Waals surface area contributed by atoms with E-state index in [9.17, 15) is 8.42 Å². The Hall–Kier alpha value is 0.120. The summed E-state index contributed by atoms with van der Waals surface area (Å²) in [6, 6.07) is 0.244. The van der Waals surface area contributed by atoms with Crippen molar-refractivity contribution in [2.75, 3.05) is 32.7 Å². The molecule has 2 unspecified atom stereocenters. The van der Waals surface area contributed by atoms with Gasteiger partial charge in [0.1, 0.15) is 0 Å². The first-order valence-electron chi connectivity index (χ1n) is 6.88. The van der Waals surface area contributed by atoms with Gasteiger partial charge in [-0.05, 0) is 25.2 Å². The monoisotopic (exact) mass is 311 g/mol. The lowest BCUT2D eigenvalue weighted by Crippen LogP contribution is -2.56. The molecule has 2 rings (SSSR count). The topological polar surface area (TPSA) is 52.7 Å². The largest absolute Gasteiger partial charge is 0.312 e. The van der Waals surface area contributed by atoms with E-state index in [1.807, 2.05) is 6.92 Å². The minimum absolute atomic E-state index is 0. The number of piperidine rings is 1. The van der Waals surface area contributed by atoms with E-state index in [0.29, 0.717) is 38.0 Å². The second-order valence-corrected chi connectivity index (χ2v) is 7.91. The Bertz CT molecular complexity index is 380. The van der Waals surface area contributed by atoms with Gasteiger partial charge >= 0.3 is 0 Å². The Morgan fingerprint density at radius 3 is 2.11 bits per heavy atom. The van der Waals surface area contributed by atoms with Crippen molar-refractivity contribution in [2.24, 2.45) is 11.8 Å². The fraction of sp³-hybridized carbons (Fsp3) is 1.00. The van der Waals surface area contributed by atoms with E-state index < -0.39 is 10.2 Å². The third-order valence-electron chi connectivity index (χ3n) is 3.82. The second kappa shape index (κ2) is 6.72. The van der Waals surface area contributed by atoms with E-state index >= 15 is 0 Å². The Morgan fingerprint density at radius 2 is 1.58 bits per heavy atom. The minimum Gasteiger partial charge on any atom is -0.312 e. The molecule has 3 atom stereocenters. The van der Waals surface area contributed by atoms with Gasteiger partial charge in [0.15, 0.2) is 0 Å². The highest BCUT2D eigenvalue weighted by atomic mass is 35.5. The van der Waals surface area contributed by atoms with Crippen LogP contribution in [0.4, 0.5) is 0 Å². The maximum atomic E-state index is 12.6. The molecule has 114 valence electrons. The van der Waals surface area contributed by atoms with Gasteiger partial charge in [0.25, 0.3) is 10.2 Å². The van der Waals surface area contributed by atoms with Crippen molar-refractivity contribution >= 4 is 22.6 Å². The molecule has 0 saturated carbocycles. The lowest BCUT2D eigenvalue weighted by atomic mass is 9.94. The van der Waals surface area contributed by atoms with Crippen LogP contribution in [0.3, 0.4) is 0 Å². The zero-order valence-corrected chi connectivity index (χ0v) is 13.6. The summed E-state index contributed by atoms with van der Waals surface area (Å²) in [6.45, 7) is 9.57. The molecule has 19 heavy (non-hydrogen) atoms. The van der Waals surface area contributed by atoms with Gasteiger partial charge in [-0.1, -0.05) is 13.8 Å². The zero-order valence-electron chi connectivity index (χ0n) is 12.0. The fourth-order valence-corrected chi connectivity index (χ4v) is 5.01. The molecule has 7 heteroatoms. The molecule has 2 saturated heterocycles. The van der Waals surface area contributed by atoms with Crippen molar-refractivity contribution in [1.82, 2.24) is 13.9 Å². The SMILES string of the molecule is CC1CC(C)CN(S(=O)(=O)N2CCN[C@H](C)C2)C1.Cl. The third kappa shape index (κ3) is 4.04. The highest BCUT2D eigenvalue weighted by molar-refractivity contribution is 7.86. The lowest BCUT2D eigenvalue weighted by molar-refractivity contribution is 0.201. The summed E-state index contributed by atoms with van der Waals surface area (Å²) in [5, 5.41) is 3.28. The maximum absolute atomic E-state index is 12.6. The van der Waals surface area contributed by atoms with Crippen LogP contribution >= 0.6 is 12.4 Å². The molecule has 0 radical (unpaired) electrons. The van der Waals surface area contributed by atoms with Gasteiger partial charge < -0.3 is 5.32 Å². The van der Waals surface area contributed by atoms with Crippen molar-refractivity contribution < 1.29 is 8.42 Å². The third-order valence-corrected chi connectivity index (χ3v) is 5.75. The van der Waals surface area contributed by atoms with E-state index in [1.165, 1.54) is 0 Å². The molecule has 0 aliphatic carbocycles. The standard InChI is InChI=1S/C12H25N3O2S.ClH/c1-10-6-11(2)8-15(7-10)18(16,17)14-5-4-13-12(3)9-14;/h10-13H,4-9H2,1-3H3;1H/t10?,11?,12-;/m1./s1. The quantitative estimate of drug-likeness (QED) is 0.825. The maximum Gasteiger partial charge on any atom is 0.282 e. The summed E-state index contributed by atoms with van der Waals surface area (Å²) in [4.78, 5) is 0. The Kier molecular flexibility index (Phi) is 6.07. The summed E-state index contributed by atoms with van der Waals surface area (Å²) >= 11 is 0. The highest BCUT2D eigenvalue weighted by Crippen LogP contribution is 2.25. The summed E-state index contributed by atoms with van der Waals surface area (Å²) in [5.74, 6) is 0.924. The predicted octanol–water partition coefficient (Wildman–Crippen LogP) is 0.925. The first kappa shape index (κ1) is 17.2. The molecule has 5 nitrogen and oxygen atoms in total. The number of nitrogens with zero attached hydrogens (tertiary/aromatic N) is 2. The van der Waals surface area contributed by atoms with Crippen LogP contribution in [0.1, 0.15) is 27.2 Å². The first-order chi connectivity index (χ1) is 8.39. The molecular weight excluding hydrogens is 286 g/mol. The van der Waals surface area contributed by atoms with Crippen LogP contribution in [0.15, 0.2) is 0 Å². The van der Waals surface area contributed by atoms with Crippen molar-refractivity contribution in [1.29, 1.82) is 0 Å². The van der Waals surface area contributed by atoms with Gasteiger partial charge in [0.05, 0.1) is 0 Å². The molecular formula is C12H26ClN3O2S. The average molecular weight is 312 g/mol. The molecule has 1 N–H and O–H groups in total. The molecule has 2 heterocycles. The molecule has 0 spiro atoms. The fourth-order valence-electron chi connectivity index (χ4n) is 3.06. The van der Waals surface area contributed by atoms with Crippen molar-refractivity contribution in [2.45, 2.75) is 33.2 Å². The van der Waals surface area contributed by atoms with Crippen LogP contribution in [0.5, 0.6) is 0 Å². The van der Waals surface area contributed by atoms with Gasteiger partial charge in [-0.15, -0.1) is 12.4 Å². The van der Waals surface area contributed by atoms with E-state index in [0.717, 1.165) is 13.0 Å². The van der Waals surface area contributed by atoms with Crippen LogP contribution in [-0.2, 0) is 10.2 Å². The normalized spacial score (nSPS) is 34.8. The van der Waals surface area contributed by atoms with Crippen LogP contribution in [0.25, 0.3) is 0 Å². The second-order valence-electron chi connectivity index (χ2n) is 5.98. The zero-order chi connectivity index (χ0) is 13.3. The molecule has 2 fully saturated rings. The van der Waals surface area contributed by atoms with Gasteiger partial charge in [0, 0.05) is 38.8 Å². The Morgan fingerprint density at radius 1 is 1.00 bits per heavy atom. The summed E-state index contributed by atoms with van der Waals surface area (Å²) in [5.41, 5.74) is 0. The molecule has 0 aromatic carbocycles. The van der Waals surface area contributed by atoms with Crippen molar-refractivity contribution in [3.05, 3.63) is 0 Å². The minimum atomic E-state index is -3.26. The van der Waals surface area contributed by atoms with E-state index in [4.69, 9.17) is 0 Å². The molecule has 0 aromatic rings. The number of hydrogen-bond donors (Lipinski definition) is 1. The highest BCUT2D eigenvalue weighted by Gasteiger charge is 2.36. The van der Waals surface area contributed by atoms with Gasteiger partial charge in [-0.3, -0.25) is 0 Å². The van der Waals surface area contributed by atoms with Gasteiger partial charge in [0.2, 0.25) is 0 Å². The summed E-state index contributed by atoms with van der Waals surface area (Å²) in [7, 11) is -3.26. The van der Waals surface area contributed by atoms with E-state index in [-0.39, 0.29) is 18.4 Å². The number of hydrogen-bond acceptors (Lipinski definition) is 3. The summed E-state index contributed by atoms with van der Waals surface area (Å²) in [6.07, 6.45) is 1.13. The Labute approximate surface area is 123 Å². The van der Waals surface area contributed by atoms with Crippen LogP contribution < -0.4 is 5.32 Å². The van der Waals surface area contributed by atoms with Crippen molar-refractivity contribution in [3.63, 3.8) is 0 Å². The number of rotatable bonds is 2. The number of nitrogens with one attached hydrogen (secondary N) is 1. The predicted molar refractivity (Wildman–Crippen MR) is 79.7 cm³/mol. The van der Waals surface area contributed by atoms with Crippen LogP contribution in [-0.4, -0.2) is 55.8 Å². The van der Waals surface area contributed by atoms with E-state index in [1.54, 1.807) is 8.61 Å². The van der Waals surface area contributed by atoms with Crippen LogP contribution in [0.2, 0.25) is 0 Å². The number of halogens is 1. The smallest absolute Gasteiger partial charge is 0.282 e. The molecule has 0 bridgehead atoms. The molecule has 0 aromatic heterocycles. The van der Waals surface area contributed by atoms with Crippen molar-refractivity contribution in [3.8, 4) is 0 Å². The van der Waals surface area contributed by atoms with Gasteiger partial charge in [-0.2, -0.15) is 17.0 Å². The van der Waals surface area contributed by atoms with Crippen LogP contribution in [0, 0.1) is 11.8 Å². The molecule has 2 aliphatic heterocycles. The number of piperazine rings is 1. The molecule has 0 amide bonds. The first-order valence-corrected chi connectivity index (χ1v) is 8.28.